The average molecular weight is 223 g/mol. The van der Waals surface area contributed by atoms with E-state index in [0.717, 1.165) is 0 Å². The zero-order chi connectivity index (χ0) is 11.4. The van der Waals surface area contributed by atoms with Gasteiger partial charge in [0.15, 0.2) is 0 Å². The Balaban J connectivity index is 1.78. The van der Waals surface area contributed by atoms with Crippen LogP contribution in [0.1, 0.15) is 44.2 Å². The zero-order valence-electron chi connectivity index (χ0n) is 10.1. The Labute approximate surface area is 97.2 Å². The molecular formula is C13H21NO2. The van der Waals surface area contributed by atoms with E-state index in [-0.39, 0.29) is 0 Å². The first-order chi connectivity index (χ1) is 7.79. The molecule has 1 fully saturated rings. The van der Waals surface area contributed by atoms with Crippen LogP contribution < -0.4 is 5.32 Å². The van der Waals surface area contributed by atoms with Gasteiger partial charge in [-0.25, -0.2) is 0 Å². The molecule has 1 aliphatic rings. The maximum atomic E-state index is 5.37. The standard InChI is InChI=1S/C13H21NO2/c1-10(11-7-8-16-9-11)14-12-3-5-13(15-2)6-4-12/h7-10,12-14H,3-6H2,1-2H3. The predicted molar refractivity (Wildman–Crippen MR) is 63.3 cm³/mol. The molecule has 1 heterocycles. The second-order valence-electron chi connectivity index (χ2n) is 4.65. The van der Waals surface area contributed by atoms with Crippen LogP contribution in [0.15, 0.2) is 23.0 Å². The lowest BCUT2D eigenvalue weighted by atomic mass is 9.92. The molecule has 0 bridgehead atoms. The van der Waals surface area contributed by atoms with Gasteiger partial charge in [0, 0.05) is 24.8 Å². The second-order valence-corrected chi connectivity index (χ2v) is 4.65. The van der Waals surface area contributed by atoms with Crippen LogP contribution in [0.2, 0.25) is 0 Å². The Kier molecular flexibility index (Phi) is 4.02. The summed E-state index contributed by atoms with van der Waals surface area (Å²) >= 11 is 0. The maximum Gasteiger partial charge on any atom is 0.0950 e. The van der Waals surface area contributed by atoms with Gasteiger partial charge in [-0.15, -0.1) is 0 Å². The van der Waals surface area contributed by atoms with Gasteiger partial charge in [0.1, 0.15) is 0 Å². The normalized spacial score (nSPS) is 27.9. The van der Waals surface area contributed by atoms with Crippen molar-refractivity contribution in [3.63, 3.8) is 0 Å². The van der Waals surface area contributed by atoms with Gasteiger partial charge < -0.3 is 14.5 Å². The number of ether oxygens (including phenoxy) is 1. The van der Waals surface area contributed by atoms with Crippen LogP contribution in [0.25, 0.3) is 0 Å². The molecule has 0 spiro atoms. The van der Waals surface area contributed by atoms with Crippen molar-refractivity contribution in [3.8, 4) is 0 Å². The summed E-state index contributed by atoms with van der Waals surface area (Å²) in [5, 5.41) is 3.65. The summed E-state index contributed by atoms with van der Waals surface area (Å²) in [4.78, 5) is 0. The Morgan fingerprint density at radius 1 is 1.38 bits per heavy atom. The van der Waals surface area contributed by atoms with Crippen LogP contribution in [0.3, 0.4) is 0 Å². The minimum absolute atomic E-state index is 0.378. The Bertz CT molecular complexity index is 289. The Hall–Kier alpha value is -0.800. The summed E-state index contributed by atoms with van der Waals surface area (Å²) in [6.07, 6.45) is 8.79. The molecule has 1 aliphatic carbocycles. The lowest BCUT2D eigenvalue weighted by molar-refractivity contribution is 0.0614. The summed E-state index contributed by atoms with van der Waals surface area (Å²) in [7, 11) is 1.81. The van der Waals surface area contributed by atoms with Crippen molar-refractivity contribution >= 4 is 0 Å². The topological polar surface area (TPSA) is 34.4 Å². The van der Waals surface area contributed by atoms with E-state index < -0.39 is 0 Å². The van der Waals surface area contributed by atoms with E-state index in [2.05, 4.69) is 12.2 Å². The molecule has 2 rings (SSSR count). The Morgan fingerprint density at radius 3 is 2.69 bits per heavy atom. The molecule has 1 unspecified atom stereocenters. The fourth-order valence-electron chi connectivity index (χ4n) is 2.44. The van der Waals surface area contributed by atoms with E-state index in [0.29, 0.717) is 18.2 Å². The first-order valence-corrected chi connectivity index (χ1v) is 6.10. The number of rotatable bonds is 4. The average Bonchev–Trinajstić information content (AvgIpc) is 2.83. The third-order valence-electron chi connectivity index (χ3n) is 3.54. The van der Waals surface area contributed by atoms with E-state index in [4.69, 9.17) is 9.15 Å². The lowest BCUT2D eigenvalue weighted by Crippen LogP contribution is -2.36. The monoisotopic (exact) mass is 223 g/mol. The van der Waals surface area contributed by atoms with Crippen molar-refractivity contribution in [2.75, 3.05) is 7.11 Å². The molecule has 0 aliphatic heterocycles. The molecule has 3 heteroatoms. The van der Waals surface area contributed by atoms with Gasteiger partial charge in [-0.1, -0.05) is 0 Å². The maximum absolute atomic E-state index is 5.37. The number of methoxy groups -OCH3 is 1. The SMILES string of the molecule is COC1CCC(NC(C)c2ccoc2)CC1. The van der Waals surface area contributed by atoms with E-state index >= 15 is 0 Å². The molecular weight excluding hydrogens is 202 g/mol. The van der Waals surface area contributed by atoms with Crippen molar-refractivity contribution in [3.05, 3.63) is 24.2 Å². The van der Waals surface area contributed by atoms with Crippen molar-refractivity contribution in [2.45, 2.75) is 50.8 Å². The van der Waals surface area contributed by atoms with E-state index in [1.54, 1.807) is 6.26 Å². The second kappa shape index (κ2) is 5.51. The molecule has 1 aromatic rings. The van der Waals surface area contributed by atoms with E-state index in [9.17, 15) is 0 Å². The summed E-state index contributed by atoms with van der Waals surface area (Å²) in [6, 6.07) is 3.03. The number of hydrogen-bond donors (Lipinski definition) is 1. The summed E-state index contributed by atoms with van der Waals surface area (Å²) in [6.45, 7) is 2.19. The fourth-order valence-corrected chi connectivity index (χ4v) is 2.44. The van der Waals surface area contributed by atoms with Gasteiger partial charge in [0.05, 0.1) is 18.6 Å². The predicted octanol–water partition coefficient (Wildman–Crippen LogP) is 2.89. The van der Waals surface area contributed by atoms with Crippen molar-refractivity contribution < 1.29 is 9.15 Å². The third-order valence-corrected chi connectivity index (χ3v) is 3.54. The highest BCUT2D eigenvalue weighted by Gasteiger charge is 2.22. The highest BCUT2D eigenvalue weighted by Crippen LogP contribution is 2.23. The van der Waals surface area contributed by atoms with Crippen molar-refractivity contribution in [1.29, 1.82) is 0 Å². The van der Waals surface area contributed by atoms with Gasteiger partial charge in [-0.3, -0.25) is 0 Å². The van der Waals surface area contributed by atoms with E-state index in [1.165, 1.54) is 31.2 Å². The quantitative estimate of drug-likeness (QED) is 0.852. The molecule has 1 atom stereocenters. The number of nitrogens with one attached hydrogen (secondary N) is 1. The number of hydrogen-bond acceptors (Lipinski definition) is 3. The minimum Gasteiger partial charge on any atom is -0.472 e. The highest BCUT2D eigenvalue weighted by atomic mass is 16.5. The highest BCUT2D eigenvalue weighted by molar-refractivity contribution is 5.10. The molecule has 16 heavy (non-hydrogen) atoms. The third kappa shape index (κ3) is 2.86. The van der Waals surface area contributed by atoms with Gasteiger partial charge in [-0.2, -0.15) is 0 Å². The van der Waals surface area contributed by atoms with Gasteiger partial charge >= 0.3 is 0 Å². The fraction of sp³-hybridized carbons (Fsp3) is 0.692. The van der Waals surface area contributed by atoms with Crippen LogP contribution in [-0.4, -0.2) is 19.3 Å². The molecule has 0 saturated heterocycles. The number of furan rings is 1. The first-order valence-electron chi connectivity index (χ1n) is 6.10. The van der Waals surface area contributed by atoms with Crippen LogP contribution in [-0.2, 0) is 4.74 Å². The van der Waals surface area contributed by atoms with Crippen LogP contribution in [0.4, 0.5) is 0 Å². The molecule has 1 saturated carbocycles. The molecule has 0 amide bonds. The molecule has 1 aromatic heterocycles. The molecule has 0 radical (unpaired) electrons. The smallest absolute Gasteiger partial charge is 0.0950 e. The largest absolute Gasteiger partial charge is 0.472 e. The van der Waals surface area contributed by atoms with Crippen molar-refractivity contribution in [1.82, 2.24) is 5.32 Å². The first kappa shape index (κ1) is 11.7. The Morgan fingerprint density at radius 2 is 2.12 bits per heavy atom. The van der Waals surface area contributed by atoms with Crippen molar-refractivity contribution in [2.24, 2.45) is 0 Å². The van der Waals surface area contributed by atoms with Gasteiger partial charge in [-0.05, 0) is 38.7 Å². The summed E-state index contributed by atoms with van der Waals surface area (Å²) in [5.74, 6) is 0. The van der Waals surface area contributed by atoms with E-state index in [1.807, 2.05) is 19.4 Å². The zero-order valence-corrected chi connectivity index (χ0v) is 10.1. The van der Waals surface area contributed by atoms with Crippen LogP contribution in [0, 0.1) is 0 Å². The lowest BCUT2D eigenvalue weighted by Gasteiger charge is -2.30. The summed E-state index contributed by atoms with van der Waals surface area (Å²) < 4.78 is 10.5. The van der Waals surface area contributed by atoms with Gasteiger partial charge in [0.2, 0.25) is 0 Å². The van der Waals surface area contributed by atoms with Gasteiger partial charge in [0.25, 0.3) is 0 Å². The molecule has 3 nitrogen and oxygen atoms in total. The van der Waals surface area contributed by atoms with Crippen LogP contribution in [0.5, 0.6) is 0 Å². The summed E-state index contributed by atoms with van der Waals surface area (Å²) in [5.41, 5.74) is 1.23. The molecule has 1 N–H and O–H groups in total. The molecule has 90 valence electrons. The molecule has 0 aromatic carbocycles. The minimum atomic E-state index is 0.378. The van der Waals surface area contributed by atoms with Crippen LogP contribution >= 0.6 is 0 Å².